The molecule has 0 aliphatic rings. The van der Waals surface area contributed by atoms with E-state index in [-0.39, 0.29) is 0 Å². The second kappa shape index (κ2) is 37.7. The molecule has 0 unspecified atom stereocenters. The van der Waals surface area contributed by atoms with Gasteiger partial charge in [0, 0.05) is 134 Å². The highest BCUT2D eigenvalue weighted by molar-refractivity contribution is 6.85. The van der Waals surface area contributed by atoms with Gasteiger partial charge in [0.25, 0.3) is 0 Å². The third-order valence-corrected chi connectivity index (χ3v) is 20.9. The molecular weight excluding hydrogens is 1470 g/mol. The third-order valence-electron chi connectivity index (χ3n) is 15.7. The zero-order valence-corrected chi connectivity index (χ0v) is 74.8. The smallest absolute Gasteiger partial charge is 0.127 e. The molecule has 0 saturated heterocycles. The minimum Gasteiger partial charge on any atom is -0.127 e. The minimum absolute atomic E-state index is 0.784. The van der Waals surface area contributed by atoms with Crippen molar-refractivity contribution >= 4 is 48.4 Å². The summed E-state index contributed by atoms with van der Waals surface area (Å²) in [6.07, 6.45) is 0. The lowest BCUT2D eigenvalue weighted by Gasteiger charge is -2.05. The zero-order chi connectivity index (χ0) is 81.5. The quantitative estimate of drug-likeness (QED) is 0.105. The summed E-state index contributed by atoms with van der Waals surface area (Å²) in [5, 5.41) is 0. The van der Waals surface area contributed by atoms with Gasteiger partial charge in [0.15, 0.2) is 0 Å². The molecular formula is C108H90Si6. The Hall–Kier alpha value is -13.1. The molecule has 546 valence electrons. The Labute approximate surface area is 688 Å². The van der Waals surface area contributed by atoms with E-state index in [0.717, 1.165) is 134 Å². The van der Waals surface area contributed by atoms with Crippen LogP contribution < -0.4 is 0 Å². The van der Waals surface area contributed by atoms with Crippen LogP contribution in [0.25, 0.3) is 0 Å². The summed E-state index contributed by atoms with van der Waals surface area (Å²) in [4.78, 5) is 0. The first-order chi connectivity index (χ1) is 54.0. The van der Waals surface area contributed by atoms with Gasteiger partial charge >= 0.3 is 0 Å². The van der Waals surface area contributed by atoms with Crippen molar-refractivity contribution in [2.75, 3.05) is 0 Å². The summed E-state index contributed by atoms with van der Waals surface area (Å²) in [5.41, 5.74) is 42.3. The van der Waals surface area contributed by atoms with E-state index in [1.165, 1.54) is 0 Å². The summed E-state index contributed by atoms with van der Waals surface area (Å²) in [7, 11) is -9.42. The van der Waals surface area contributed by atoms with Gasteiger partial charge in [-0.05, 0) is 218 Å². The van der Waals surface area contributed by atoms with E-state index in [0.29, 0.717) is 0 Å². The summed E-state index contributed by atoms with van der Waals surface area (Å²) >= 11 is 0. The fourth-order valence-corrected chi connectivity index (χ4v) is 13.2. The van der Waals surface area contributed by atoms with Crippen LogP contribution in [0.1, 0.15) is 134 Å². The van der Waals surface area contributed by atoms with E-state index < -0.39 is 48.4 Å². The number of rotatable bonds is 0. The van der Waals surface area contributed by atoms with Gasteiger partial charge < -0.3 is 0 Å². The van der Waals surface area contributed by atoms with Crippen molar-refractivity contribution < 1.29 is 0 Å². The van der Waals surface area contributed by atoms with Gasteiger partial charge in [0.05, 0.1) is 0 Å². The van der Waals surface area contributed by atoms with E-state index >= 15 is 0 Å². The van der Waals surface area contributed by atoms with Crippen LogP contribution in [0, 0.1) is 175 Å². The molecule has 0 N–H and O–H groups in total. The number of benzene rings is 10. The van der Waals surface area contributed by atoms with E-state index in [9.17, 15) is 0 Å². The summed E-state index contributed by atoms with van der Waals surface area (Å²) in [5.74, 6) is 81.0. The minimum atomic E-state index is -1.57. The molecule has 0 aliphatic carbocycles. The molecule has 10 aromatic carbocycles. The fourth-order valence-electron chi connectivity index (χ4n) is 10.1. The Morgan fingerprint density at radius 3 is 0.254 bits per heavy atom. The van der Waals surface area contributed by atoms with Gasteiger partial charge in [-0.15, -0.1) is 33.3 Å². The maximum atomic E-state index is 3.50. The van der Waals surface area contributed by atoms with Crippen LogP contribution in [-0.4, -0.2) is 48.4 Å². The van der Waals surface area contributed by atoms with Crippen molar-refractivity contribution in [3.63, 3.8) is 0 Å². The molecule has 0 spiro atoms. The lowest BCUT2D eigenvalue weighted by Crippen LogP contribution is -2.16. The van der Waals surface area contributed by atoms with Gasteiger partial charge in [-0.1, -0.05) is 260 Å². The average molecular weight is 1560 g/mol. The second-order valence-corrected chi connectivity index (χ2v) is 62.4. The van der Waals surface area contributed by atoms with Gasteiger partial charge in [-0.2, -0.15) is 0 Å². The molecule has 0 atom stereocenters. The van der Waals surface area contributed by atoms with E-state index in [1.807, 2.05) is 164 Å². The van der Waals surface area contributed by atoms with Crippen LogP contribution in [0.3, 0.4) is 0 Å². The van der Waals surface area contributed by atoms with Crippen molar-refractivity contribution in [1.29, 1.82) is 0 Å². The number of hydrogen-bond acceptors (Lipinski definition) is 0. The molecule has 10 rings (SSSR count). The van der Waals surface area contributed by atoms with Gasteiger partial charge in [-0.3, -0.25) is 0 Å². The molecule has 0 heterocycles. The van der Waals surface area contributed by atoms with Crippen LogP contribution in [0.2, 0.25) is 118 Å². The molecule has 0 amide bonds. The van der Waals surface area contributed by atoms with Crippen LogP contribution in [0.4, 0.5) is 0 Å². The van der Waals surface area contributed by atoms with Crippen molar-refractivity contribution in [1.82, 2.24) is 0 Å². The Morgan fingerprint density at radius 2 is 0.175 bits per heavy atom. The van der Waals surface area contributed by atoms with Crippen molar-refractivity contribution in [3.8, 4) is 175 Å². The van der Waals surface area contributed by atoms with Gasteiger partial charge in [0.1, 0.15) is 48.4 Å². The Balaban J connectivity index is 0.850. The lowest BCUT2D eigenvalue weighted by atomic mass is 10.0. The highest BCUT2D eigenvalue weighted by Gasteiger charge is 2.14. The molecule has 0 aromatic heterocycles. The fraction of sp³-hybridized carbons (Fsp3) is 0.167. The maximum absolute atomic E-state index is 3.50. The molecule has 6 heteroatoms. The average Bonchev–Trinajstić information content (AvgIpc) is 0.862. The van der Waals surface area contributed by atoms with Gasteiger partial charge in [0.2, 0.25) is 0 Å². The normalized spacial score (nSPS) is 10.4. The third kappa shape index (κ3) is 30.6. The zero-order valence-electron chi connectivity index (χ0n) is 68.8. The predicted octanol–water partition coefficient (Wildman–Crippen LogP) is 21.7. The molecule has 0 nitrogen and oxygen atoms in total. The Morgan fingerprint density at radius 1 is 0.105 bits per heavy atom. The highest BCUT2D eigenvalue weighted by atomic mass is 28.3. The van der Waals surface area contributed by atoms with E-state index in [2.05, 4.69) is 348 Å². The van der Waals surface area contributed by atoms with Crippen LogP contribution in [-0.2, 0) is 0 Å². The largest absolute Gasteiger partial charge is 0.129 e. The second-order valence-electron chi connectivity index (χ2n) is 33.9. The van der Waals surface area contributed by atoms with Crippen LogP contribution in [0.15, 0.2) is 218 Å². The molecule has 0 saturated carbocycles. The van der Waals surface area contributed by atoms with Crippen molar-refractivity contribution in [2.45, 2.75) is 118 Å². The lowest BCUT2D eigenvalue weighted by molar-refractivity contribution is 1.54. The number of hydrogen-bond donors (Lipinski definition) is 0. The molecule has 0 radical (unpaired) electrons. The van der Waals surface area contributed by atoms with E-state index in [4.69, 9.17) is 0 Å². The molecule has 0 bridgehead atoms. The molecule has 0 aliphatic heterocycles. The van der Waals surface area contributed by atoms with Crippen molar-refractivity contribution in [2.24, 2.45) is 0 Å². The van der Waals surface area contributed by atoms with Crippen molar-refractivity contribution in [3.05, 3.63) is 352 Å². The first-order valence-electron chi connectivity index (χ1n) is 38.1. The summed E-state index contributed by atoms with van der Waals surface area (Å²) in [6, 6.07) is 72.8. The van der Waals surface area contributed by atoms with Crippen LogP contribution >= 0.6 is 0 Å². The van der Waals surface area contributed by atoms with E-state index in [1.54, 1.807) is 0 Å². The molecule has 10 aromatic rings. The predicted molar refractivity (Wildman–Crippen MR) is 500 cm³/mol. The Kier molecular flexibility index (Phi) is 27.6. The first kappa shape index (κ1) is 83.4. The highest BCUT2D eigenvalue weighted by Crippen LogP contribution is 2.19. The monoisotopic (exact) mass is 1550 g/mol. The molecule has 0 fully saturated rings. The standard InChI is InChI=1S/C108H90Si6/c1-109(2,3)67-61-103-76-100(77-104(82-103)62-68-110(4,5)6)58-52-94-43-31-88(32-44-94)22-19-85-25-37-91(38-26-85)49-55-97-73-98(56-50-92-39-27-86(28-40-92)20-23-89-33-45-95(46-34-89)53-59-101-78-105(63-69-111(7,8)9)83-106(79-101)64-70-112(10,11)12)75-99(74-97)57-51-93-41-29-87(30-42-93)21-24-90-35-47-96(48-36-90)54-60-102-80-107(65-71-113(13,14)15)84-108(81-102)66-72-114(16,17)18/h25-48,73-84H,1-18H3. The summed E-state index contributed by atoms with van der Waals surface area (Å²) in [6.45, 7) is 40.5. The van der Waals surface area contributed by atoms with Gasteiger partial charge in [-0.25, -0.2) is 0 Å². The summed E-state index contributed by atoms with van der Waals surface area (Å²) < 4.78 is 0. The first-order valence-corrected chi connectivity index (χ1v) is 59.1. The maximum Gasteiger partial charge on any atom is 0.129 e. The SMILES string of the molecule is C[Si](C)(C)C#Cc1cc(C#Cc2ccc(C#Cc3ccc(C#Cc4cc(C#Cc5ccc(C#Cc6ccc(C#Cc7cc(C#C[Si](C)(C)C)cc(C#C[Si](C)(C)C)c7)cc6)cc5)cc(C#Cc5ccc(C#Cc6ccc(C#Cc7cc(C#C[Si](C)(C)C)cc(C#C[Si](C)(C)C)c7)cc6)cc5)c4)cc3)cc2)cc(C#C[Si](C)(C)C)c1. The van der Waals surface area contributed by atoms with Crippen LogP contribution in [0.5, 0.6) is 0 Å². The topological polar surface area (TPSA) is 0 Å². The Bertz CT molecular complexity index is 5620. The molecule has 114 heavy (non-hydrogen) atoms.